The largest absolute Gasteiger partial charge is 0.489 e. The van der Waals surface area contributed by atoms with Crippen molar-refractivity contribution in [1.29, 1.82) is 0 Å². The molecule has 0 N–H and O–H groups in total. The number of nitrogens with zero attached hydrogens (tertiary/aromatic N) is 2. The van der Waals surface area contributed by atoms with E-state index < -0.39 is 34.7 Å². The van der Waals surface area contributed by atoms with Gasteiger partial charge in [-0.25, -0.2) is 8.42 Å². The number of carbonyl (C=O) groups is 1. The van der Waals surface area contributed by atoms with Crippen molar-refractivity contribution in [3.8, 4) is 11.5 Å². The highest BCUT2D eigenvalue weighted by molar-refractivity contribution is 7.89. The Morgan fingerprint density at radius 2 is 1.73 bits per heavy atom. The zero-order valence-electron chi connectivity index (χ0n) is 22.2. The van der Waals surface area contributed by atoms with Crippen LogP contribution in [0.15, 0.2) is 65.8 Å². The smallest absolute Gasteiger partial charge is 0.387 e. The van der Waals surface area contributed by atoms with Crippen LogP contribution in [0.4, 0.5) is 8.78 Å². The SMILES string of the molecule is C[C@@H](C(=O)O[C@H](Cc1c(Cl)cncc1Cl)c1ccc(OC(F)F)c(OCC2CC2)c1)N(C)S(=O)(=O)c1ccccc1. The van der Waals surface area contributed by atoms with Gasteiger partial charge in [0.05, 0.1) is 21.5 Å². The monoisotopic (exact) mass is 628 g/mol. The summed E-state index contributed by atoms with van der Waals surface area (Å²) in [4.78, 5) is 17.3. The minimum absolute atomic E-state index is 0.0149. The predicted molar refractivity (Wildman–Crippen MR) is 149 cm³/mol. The number of esters is 1. The molecule has 4 rings (SSSR count). The van der Waals surface area contributed by atoms with Gasteiger partial charge >= 0.3 is 12.6 Å². The third-order valence-corrected chi connectivity index (χ3v) is 9.23. The molecule has 2 aromatic carbocycles. The van der Waals surface area contributed by atoms with Gasteiger partial charge in [0.1, 0.15) is 12.1 Å². The summed E-state index contributed by atoms with van der Waals surface area (Å²) >= 11 is 12.7. The third-order valence-electron chi connectivity index (χ3n) is 6.63. The van der Waals surface area contributed by atoms with Gasteiger partial charge in [-0.1, -0.05) is 47.5 Å². The molecular weight excluding hydrogens is 601 g/mol. The van der Waals surface area contributed by atoms with Crippen LogP contribution in [-0.4, -0.2) is 50.0 Å². The lowest BCUT2D eigenvalue weighted by molar-refractivity contribution is -0.153. The van der Waals surface area contributed by atoms with E-state index in [1.54, 1.807) is 18.2 Å². The molecule has 0 bridgehead atoms. The Hall–Kier alpha value is -2.99. The van der Waals surface area contributed by atoms with E-state index in [0.29, 0.717) is 23.7 Å². The molecule has 1 heterocycles. The van der Waals surface area contributed by atoms with E-state index in [1.165, 1.54) is 56.7 Å². The Labute approximate surface area is 247 Å². The van der Waals surface area contributed by atoms with E-state index in [4.69, 9.17) is 32.7 Å². The summed E-state index contributed by atoms with van der Waals surface area (Å²) in [5.41, 5.74) is 0.794. The normalized spacial score (nSPS) is 15.0. The number of ether oxygens (including phenoxy) is 3. The van der Waals surface area contributed by atoms with E-state index in [2.05, 4.69) is 9.72 Å². The van der Waals surface area contributed by atoms with Crippen molar-refractivity contribution in [1.82, 2.24) is 9.29 Å². The Bertz CT molecular complexity index is 1460. The number of halogens is 4. The maximum absolute atomic E-state index is 13.4. The molecule has 1 saturated carbocycles. The van der Waals surface area contributed by atoms with E-state index in [0.717, 1.165) is 17.1 Å². The quantitative estimate of drug-likeness (QED) is 0.205. The van der Waals surface area contributed by atoms with Crippen molar-refractivity contribution in [2.75, 3.05) is 13.7 Å². The Kier molecular flexibility index (Phi) is 10.1. The zero-order chi connectivity index (χ0) is 29.7. The fourth-order valence-electron chi connectivity index (χ4n) is 3.92. The summed E-state index contributed by atoms with van der Waals surface area (Å²) in [5.74, 6) is -0.647. The second kappa shape index (κ2) is 13.3. The van der Waals surface area contributed by atoms with Gasteiger partial charge in [0.15, 0.2) is 11.5 Å². The minimum atomic E-state index is -4.02. The lowest BCUT2D eigenvalue weighted by atomic mass is 10.0. The third kappa shape index (κ3) is 7.85. The van der Waals surface area contributed by atoms with Gasteiger partial charge in [-0.15, -0.1) is 0 Å². The lowest BCUT2D eigenvalue weighted by Crippen LogP contribution is -2.41. The van der Waals surface area contributed by atoms with Crippen LogP contribution in [0.1, 0.15) is 37.0 Å². The van der Waals surface area contributed by atoms with Crippen LogP contribution in [0, 0.1) is 5.92 Å². The van der Waals surface area contributed by atoms with E-state index in [-0.39, 0.29) is 32.9 Å². The average molecular weight is 630 g/mol. The number of alkyl halides is 2. The molecule has 1 aromatic heterocycles. The molecule has 0 radical (unpaired) electrons. The molecule has 3 aromatic rings. The number of hydrogen-bond donors (Lipinski definition) is 0. The summed E-state index contributed by atoms with van der Waals surface area (Å²) in [7, 11) is -2.74. The number of likely N-dealkylation sites (N-methyl/N-ethyl adjacent to an activating group) is 1. The first-order valence-electron chi connectivity index (χ1n) is 12.7. The van der Waals surface area contributed by atoms with Gasteiger partial charge in [0, 0.05) is 25.9 Å². The minimum Gasteiger partial charge on any atom is -0.489 e. The number of hydrogen-bond acceptors (Lipinski definition) is 7. The molecule has 0 amide bonds. The molecule has 0 spiro atoms. The number of benzene rings is 2. The fraction of sp³-hybridized carbons (Fsp3) is 0.357. The summed E-state index contributed by atoms with van der Waals surface area (Å²) < 4.78 is 69.5. The van der Waals surface area contributed by atoms with Crippen LogP contribution in [0.2, 0.25) is 10.0 Å². The lowest BCUT2D eigenvalue weighted by Gasteiger charge is -2.26. The maximum atomic E-state index is 13.4. The predicted octanol–water partition coefficient (Wildman–Crippen LogP) is 6.31. The molecule has 13 heteroatoms. The van der Waals surface area contributed by atoms with E-state index in [1.807, 2.05) is 0 Å². The van der Waals surface area contributed by atoms with Crippen LogP contribution in [0.25, 0.3) is 0 Å². The second-order valence-electron chi connectivity index (χ2n) is 9.56. The summed E-state index contributed by atoms with van der Waals surface area (Å²) in [6.45, 7) is -1.36. The summed E-state index contributed by atoms with van der Waals surface area (Å²) in [5, 5.41) is 0.441. The molecular formula is C28H28Cl2F2N2O6S. The highest BCUT2D eigenvalue weighted by atomic mass is 35.5. The molecule has 2 atom stereocenters. The van der Waals surface area contributed by atoms with Crippen molar-refractivity contribution in [2.24, 2.45) is 5.92 Å². The van der Waals surface area contributed by atoms with Crippen molar-refractivity contribution >= 4 is 39.2 Å². The van der Waals surface area contributed by atoms with Crippen molar-refractivity contribution in [2.45, 2.75) is 49.8 Å². The molecule has 1 fully saturated rings. The summed E-state index contributed by atoms with van der Waals surface area (Å²) in [6, 6.07) is 10.7. The first-order valence-corrected chi connectivity index (χ1v) is 14.9. The van der Waals surface area contributed by atoms with Gasteiger partial charge < -0.3 is 14.2 Å². The number of carbonyl (C=O) groups excluding carboxylic acids is 1. The number of pyridine rings is 1. The van der Waals surface area contributed by atoms with Gasteiger partial charge in [-0.3, -0.25) is 9.78 Å². The molecule has 0 unspecified atom stereocenters. The van der Waals surface area contributed by atoms with Crippen LogP contribution in [-0.2, 0) is 26.0 Å². The average Bonchev–Trinajstić information content (AvgIpc) is 3.78. The molecule has 8 nitrogen and oxygen atoms in total. The topological polar surface area (TPSA) is 95.0 Å². The van der Waals surface area contributed by atoms with Crippen LogP contribution < -0.4 is 9.47 Å². The Morgan fingerprint density at radius 3 is 2.34 bits per heavy atom. The van der Waals surface area contributed by atoms with Gasteiger partial charge in [-0.05, 0) is 61.1 Å². The zero-order valence-corrected chi connectivity index (χ0v) is 24.5. The number of aromatic nitrogens is 1. The standard InChI is InChI=1S/C28H28Cl2F2N2O6S/c1-17(34(2)41(36,37)20-6-4-3-5-7-20)27(35)39-25(13-21-22(29)14-33-15-23(21)30)19-10-11-24(40-28(31)32)26(12-19)38-16-18-8-9-18/h3-7,10-12,14-15,17-18,25,28H,8-9,13,16H2,1-2H3/t17-,25+/m0/s1. The van der Waals surface area contributed by atoms with E-state index >= 15 is 0 Å². The molecule has 0 aliphatic heterocycles. The maximum Gasteiger partial charge on any atom is 0.387 e. The highest BCUT2D eigenvalue weighted by Gasteiger charge is 2.33. The van der Waals surface area contributed by atoms with Gasteiger partial charge in [-0.2, -0.15) is 13.1 Å². The Morgan fingerprint density at radius 1 is 1.07 bits per heavy atom. The second-order valence-corrected chi connectivity index (χ2v) is 12.4. The first-order chi connectivity index (χ1) is 19.5. The molecule has 220 valence electrons. The molecule has 0 saturated heterocycles. The Balaban J connectivity index is 1.65. The van der Waals surface area contributed by atoms with Gasteiger partial charge in [0.25, 0.3) is 0 Å². The van der Waals surface area contributed by atoms with E-state index in [9.17, 15) is 22.0 Å². The highest BCUT2D eigenvalue weighted by Crippen LogP contribution is 2.38. The van der Waals surface area contributed by atoms with Crippen LogP contribution >= 0.6 is 23.2 Å². The van der Waals surface area contributed by atoms with Crippen LogP contribution in [0.3, 0.4) is 0 Å². The molecule has 1 aliphatic rings. The summed E-state index contributed by atoms with van der Waals surface area (Å²) in [6.07, 6.45) is 3.63. The van der Waals surface area contributed by atoms with Crippen molar-refractivity contribution < 1.29 is 36.2 Å². The molecule has 41 heavy (non-hydrogen) atoms. The van der Waals surface area contributed by atoms with Gasteiger partial charge in [0.2, 0.25) is 10.0 Å². The van der Waals surface area contributed by atoms with Crippen LogP contribution in [0.5, 0.6) is 11.5 Å². The van der Waals surface area contributed by atoms with Crippen molar-refractivity contribution in [3.63, 3.8) is 0 Å². The fourth-order valence-corrected chi connectivity index (χ4v) is 5.78. The van der Waals surface area contributed by atoms with Crippen molar-refractivity contribution in [3.05, 3.63) is 82.1 Å². The number of rotatable bonds is 13. The first kappa shape index (κ1) is 31.0. The number of sulfonamides is 1. The molecule has 1 aliphatic carbocycles.